The van der Waals surface area contributed by atoms with Gasteiger partial charge in [-0.2, -0.15) is 13.2 Å². The van der Waals surface area contributed by atoms with Gasteiger partial charge in [-0.05, 0) is 49.1 Å². The van der Waals surface area contributed by atoms with E-state index < -0.39 is 12.1 Å². The molecular weight excluding hydrogens is 479 g/mol. The summed E-state index contributed by atoms with van der Waals surface area (Å²) in [5.74, 6) is -2.59. The molecule has 1 atom stereocenters. The van der Waals surface area contributed by atoms with Crippen LogP contribution in [0.15, 0.2) is 48.7 Å². The van der Waals surface area contributed by atoms with E-state index in [0.29, 0.717) is 0 Å². The number of carboxylic acids is 1. The second-order valence-electron chi connectivity index (χ2n) is 8.94. The van der Waals surface area contributed by atoms with E-state index in [1.54, 1.807) is 11.3 Å². The molecule has 3 aromatic rings. The van der Waals surface area contributed by atoms with Gasteiger partial charge >= 0.3 is 12.1 Å². The van der Waals surface area contributed by atoms with Crippen LogP contribution in [0.4, 0.5) is 13.2 Å². The Morgan fingerprint density at radius 3 is 2.43 bits per heavy atom. The van der Waals surface area contributed by atoms with Crippen LogP contribution in [0.25, 0.3) is 10.8 Å². The van der Waals surface area contributed by atoms with Gasteiger partial charge in [0.1, 0.15) is 0 Å². The van der Waals surface area contributed by atoms with E-state index in [4.69, 9.17) is 9.90 Å². The third-order valence-electron chi connectivity index (χ3n) is 6.62. The molecule has 2 aromatic carbocycles. The number of aromatic nitrogens is 1. The van der Waals surface area contributed by atoms with Crippen molar-refractivity contribution < 1.29 is 27.9 Å². The van der Waals surface area contributed by atoms with Gasteiger partial charge in [0.05, 0.1) is 5.01 Å². The number of hydrogen-bond acceptors (Lipinski definition) is 5. The zero-order valence-electron chi connectivity index (χ0n) is 19.2. The molecule has 2 fully saturated rings. The van der Waals surface area contributed by atoms with Gasteiger partial charge in [-0.15, -0.1) is 11.3 Å². The Kier molecular flexibility index (Phi) is 7.14. The number of hydrogen-bond donors (Lipinski definition) is 1. The van der Waals surface area contributed by atoms with Gasteiger partial charge in [-0.1, -0.05) is 30.3 Å². The Bertz CT molecular complexity index is 1230. The Balaban J connectivity index is 0.000000364. The van der Waals surface area contributed by atoms with Gasteiger partial charge in [-0.3, -0.25) is 9.69 Å². The number of nitrogens with zero attached hydrogens (tertiary/aromatic N) is 3. The molecule has 2 aliphatic rings. The van der Waals surface area contributed by atoms with Gasteiger partial charge < -0.3 is 10.0 Å². The number of fused-ring (bicyclic) bond motifs is 1. The number of aliphatic carboxylic acids is 1. The fourth-order valence-corrected chi connectivity index (χ4v) is 5.56. The Morgan fingerprint density at radius 1 is 1.11 bits per heavy atom. The van der Waals surface area contributed by atoms with Crippen molar-refractivity contribution in [3.63, 3.8) is 0 Å². The molecule has 1 unspecified atom stereocenters. The highest BCUT2D eigenvalue weighted by atomic mass is 32.1. The van der Waals surface area contributed by atoms with Crippen LogP contribution in [0.5, 0.6) is 0 Å². The largest absolute Gasteiger partial charge is 0.490 e. The molecule has 10 heteroatoms. The maximum Gasteiger partial charge on any atom is 0.490 e. The first-order chi connectivity index (χ1) is 16.6. The van der Waals surface area contributed by atoms with Crippen LogP contribution >= 0.6 is 11.3 Å². The van der Waals surface area contributed by atoms with Gasteiger partial charge in [-0.25, -0.2) is 9.78 Å². The van der Waals surface area contributed by atoms with E-state index >= 15 is 0 Å². The smallest absolute Gasteiger partial charge is 0.475 e. The lowest BCUT2D eigenvalue weighted by Crippen LogP contribution is -2.66. The number of amides is 1. The van der Waals surface area contributed by atoms with E-state index in [0.717, 1.165) is 48.6 Å². The number of piperidine rings is 1. The van der Waals surface area contributed by atoms with E-state index in [2.05, 4.69) is 39.9 Å². The van der Waals surface area contributed by atoms with E-state index in [-0.39, 0.29) is 11.4 Å². The first-order valence-electron chi connectivity index (χ1n) is 11.3. The summed E-state index contributed by atoms with van der Waals surface area (Å²) in [6.45, 7) is 5.85. The number of aryl methyl sites for hydroxylation is 1. The fourth-order valence-electron chi connectivity index (χ4n) is 4.75. The summed E-state index contributed by atoms with van der Waals surface area (Å²) in [6, 6.07) is 14.3. The summed E-state index contributed by atoms with van der Waals surface area (Å²) in [4.78, 5) is 32.5. The minimum atomic E-state index is -5.08. The maximum absolute atomic E-state index is 13.2. The molecule has 1 amide bonds. The second-order valence-corrected chi connectivity index (χ2v) is 10.3. The number of halogens is 3. The van der Waals surface area contributed by atoms with Crippen LogP contribution in [-0.2, 0) is 11.3 Å². The molecule has 3 heterocycles. The van der Waals surface area contributed by atoms with Crippen molar-refractivity contribution in [1.29, 1.82) is 0 Å². The van der Waals surface area contributed by atoms with Crippen molar-refractivity contribution in [2.45, 2.75) is 44.4 Å². The monoisotopic (exact) mass is 505 g/mol. The molecule has 0 bridgehead atoms. The Morgan fingerprint density at radius 2 is 1.83 bits per heavy atom. The number of benzene rings is 2. The molecule has 2 aliphatic heterocycles. The van der Waals surface area contributed by atoms with Crippen LogP contribution in [0.2, 0.25) is 0 Å². The van der Waals surface area contributed by atoms with Crippen LogP contribution in [0.3, 0.4) is 0 Å². The van der Waals surface area contributed by atoms with Crippen molar-refractivity contribution in [1.82, 2.24) is 14.8 Å². The Labute approximate surface area is 205 Å². The molecule has 0 radical (unpaired) electrons. The average molecular weight is 506 g/mol. The van der Waals surface area contributed by atoms with Crippen LogP contribution in [0, 0.1) is 6.92 Å². The topological polar surface area (TPSA) is 73.7 Å². The lowest BCUT2D eigenvalue weighted by Gasteiger charge is -2.57. The van der Waals surface area contributed by atoms with Crippen LogP contribution in [-0.4, -0.2) is 63.1 Å². The number of carbonyl (C=O) groups excluding carboxylic acids is 1. The summed E-state index contributed by atoms with van der Waals surface area (Å²) in [7, 11) is 0. The molecule has 6 nitrogen and oxygen atoms in total. The molecule has 186 valence electrons. The standard InChI is InChI=1S/C23H25N3OS.C2HF3O2/c1-17-24-14-21(28-17)15-26-12-10-23(26)9-4-11-25(16-23)22(27)20-8-7-18-5-2-3-6-19(18)13-20;3-2(4,5)1(6)7/h2-3,5-8,13-14H,4,9-12,15-16H2,1H3;(H,6,7). The number of carbonyl (C=O) groups is 2. The van der Waals surface area contributed by atoms with Crippen LogP contribution < -0.4 is 0 Å². The molecule has 0 aliphatic carbocycles. The van der Waals surface area contributed by atoms with Gasteiger partial charge in [0.2, 0.25) is 0 Å². The molecule has 0 saturated carbocycles. The predicted octanol–water partition coefficient (Wildman–Crippen LogP) is 5.12. The fraction of sp³-hybridized carbons (Fsp3) is 0.400. The molecule has 2 saturated heterocycles. The first-order valence-corrected chi connectivity index (χ1v) is 12.1. The maximum atomic E-state index is 13.2. The quantitative estimate of drug-likeness (QED) is 0.535. The van der Waals surface area contributed by atoms with Crippen molar-refractivity contribution in [3.05, 3.63) is 64.1 Å². The van der Waals surface area contributed by atoms with E-state index in [1.807, 2.05) is 30.5 Å². The molecule has 1 aromatic heterocycles. The highest BCUT2D eigenvalue weighted by Crippen LogP contribution is 2.40. The van der Waals surface area contributed by atoms with E-state index in [9.17, 15) is 18.0 Å². The van der Waals surface area contributed by atoms with Crippen LogP contribution in [0.1, 0.15) is 39.5 Å². The lowest BCUT2D eigenvalue weighted by atomic mass is 9.77. The van der Waals surface area contributed by atoms with Gasteiger partial charge in [0.25, 0.3) is 5.91 Å². The van der Waals surface area contributed by atoms with Crippen molar-refractivity contribution in [2.75, 3.05) is 19.6 Å². The van der Waals surface area contributed by atoms with Crippen molar-refractivity contribution >= 4 is 34.0 Å². The number of alkyl halides is 3. The SMILES string of the molecule is Cc1ncc(CN2CCC23CCCN(C(=O)c2ccc4ccccc4c2)C3)s1.O=C(O)C(F)(F)F. The number of thiazole rings is 1. The molecule has 5 rings (SSSR count). The number of likely N-dealkylation sites (tertiary alicyclic amines) is 2. The normalized spacial score (nSPS) is 20.3. The average Bonchev–Trinajstić information content (AvgIpc) is 3.25. The van der Waals surface area contributed by atoms with Gasteiger partial charge in [0.15, 0.2) is 0 Å². The Hall–Kier alpha value is -2.98. The third-order valence-corrected chi connectivity index (χ3v) is 7.51. The second kappa shape index (κ2) is 9.94. The minimum Gasteiger partial charge on any atom is -0.475 e. The zero-order chi connectivity index (χ0) is 25.2. The summed E-state index contributed by atoms with van der Waals surface area (Å²) >= 11 is 1.78. The summed E-state index contributed by atoms with van der Waals surface area (Å²) in [5.41, 5.74) is 0.961. The summed E-state index contributed by atoms with van der Waals surface area (Å²) < 4.78 is 31.7. The molecule has 35 heavy (non-hydrogen) atoms. The molecule has 1 spiro atoms. The summed E-state index contributed by atoms with van der Waals surface area (Å²) in [5, 5.41) is 10.6. The highest BCUT2D eigenvalue weighted by molar-refractivity contribution is 7.11. The van der Waals surface area contributed by atoms with E-state index in [1.165, 1.54) is 23.1 Å². The van der Waals surface area contributed by atoms with Crippen molar-refractivity contribution in [2.24, 2.45) is 0 Å². The predicted molar refractivity (Wildman–Crippen MR) is 127 cm³/mol. The van der Waals surface area contributed by atoms with Crippen molar-refractivity contribution in [3.8, 4) is 0 Å². The number of rotatable bonds is 3. The summed E-state index contributed by atoms with van der Waals surface area (Å²) in [6.07, 6.45) is 0.378. The molecular formula is C25H26F3N3O3S. The van der Waals surface area contributed by atoms with Gasteiger partial charge in [0, 0.05) is 48.4 Å². The molecule has 1 N–H and O–H groups in total. The first kappa shape index (κ1) is 25.1. The zero-order valence-corrected chi connectivity index (χ0v) is 20.0. The highest BCUT2D eigenvalue weighted by Gasteiger charge is 2.48. The number of carboxylic acid groups (broad SMARTS) is 1. The third kappa shape index (κ3) is 5.65. The lowest BCUT2D eigenvalue weighted by molar-refractivity contribution is -0.192. The minimum absolute atomic E-state index is 0.155.